The van der Waals surface area contributed by atoms with Gasteiger partial charge < -0.3 is 14.8 Å². The predicted molar refractivity (Wildman–Crippen MR) is 74.9 cm³/mol. The first-order valence-electron chi connectivity index (χ1n) is 6.15. The molecule has 106 valence electrons. The highest BCUT2D eigenvalue weighted by Gasteiger charge is 2.21. The molecule has 1 aromatic rings. The van der Waals surface area contributed by atoms with E-state index in [2.05, 4.69) is 5.32 Å². The smallest absolute Gasteiger partial charge is 0.341 e. The van der Waals surface area contributed by atoms with Crippen molar-refractivity contribution < 1.29 is 19.1 Å². The average molecular weight is 285 g/mol. The molecule has 1 N–H and O–H groups in total. The molecule has 5 nitrogen and oxygen atoms in total. The molecule has 0 unspecified atom stereocenters. The van der Waals surface area contributed by atoms with E-state index in [0.29, 0.717) is 23.8 Å². The number of carbonyl (C=O) groups excluding carboxylic acids is 2. The van der Waals surface area contributed by atoms with Crippen LogP contribution in [0.2, 0.25) is 0 Å². The molecule has 0 fully saturated rings. The minimum Gasteiger partial charge on any atom is -0.462 e. The summed E-state index contributed by atoms with van der Waals surface area (Å²) in [5, 5.41) is 3.23. The number of ether oxygens (including phenoxy) is 2. The molecule has 0 radical (unpaired) electrons. The van der Waals surface area contributed by atoms with Gasteiger partial charge in [0.2, 0.25) is 0 Å². The van der Waals surface area contributed by atoms with Gasteiger partial charge in [-0.3, -0.25) is 4.79 Å². The summed E-state index contributed by atoms with van der Waals surface area (Å²) in [6, 6.07) is 0. The van der Waals surface area contributed by atoms with E-state index in [1.165, 1.54) is 11.3 Å². The molecule has 19 heavy (non-hydrogen) atoms. The van der Waals surface area contributed by atoms with E-state index in [0.717, 1.165) is 10.4 Å². The molecule has 0 bridgehead atoms. The maximum atomic E-state index is 11.9. The molecule has 1 amide bonds. The molecule has 0 spiro atoms. The Morgan fingerprint density at radius 1 is 1.21 bits per heavy atom. The maximum absolute atomic E-state index is 11.9. The van der Waals surface area contributed by atoms with Gasteiger partial charge in [-0.1, -0.05) is 0 Å². The van der Waals surface area contributed by atoms with E-state index in [-0.39, 0.29) is 12.5 Å². The third-order valence-corrected chi connectivity index (χ3v) is 3.68. The SMILES string of the molecule is CCOCC(=O)Nc1sc(C)c(C)c1C(=O)OCC. The molecule has 0 aliphatic heterocycles. The van der Waals surface area contributed by atoms with Gasteiger partial charge in [-0.15, -0.1) is 11.3 Å². The van der Waals surface area contributed by atoms with Gasteiger partial charge in [0.15, 0.2) is 0 Å². The van der Waals surface area contributed by atoms with Crippen LogP contribution in [-0.2, 0) is 14.3 Å². The zero-order valence-corrected chi connectivity index (χ0v) is 12.5. The van der Waals surface area contributed by atoms with Crippen LogP contribution < -0.4 is 5.32 Å². The van der Waals surface area contributed by atoms with Crippen LogP contribution in [0.5, 0.6) is 0 Å². The molecule has 0 aromatic carbocycles. The van der Waals surface area contributed by atoms with E-state index < -0.39 is 5.97 Å². The number of thiophene rings is 1. The van der Waals surface area contributed by atoms with Crippen molar-refractivity contribution in [2.45, 2.75) is 27.7 Å². The predicted octanol–water partition coefficient (Wildman–Crippen LogP) is 2.52. The molecular weight excluding hydrogens is 266 g/mol. The fourth-order valence-corrected chi connectivity index (χ4v) is 2.59. The summed E-state index contributed by atoms with van der Waals surface area (Å²) in [5.74, 6) is -0.676. The van der Waals surface area contributed by atoms with Crippen LogP contribution in [0.1, 0.15) is 34.6 Å². The Balaban J connectivity index is 2.91. The van der Waals surface area contributed by atoms with Crippen LogP contribution >= 0.6 is 11.3 Å². The molecule has 1 heterocycles. The Morgan fingerprint density at radius 3 is 2.47 bits per heavy atom. The highest BCUT2D eigenvalue weighted by molar-refractivity contribution is 7.16. The second-order valence-electron chi connectivity index (χ2n) is 3.89. The van der Waals surface area contributed by atoms with Gasteiger partial charge in [-0.05, 0) is 33.3 Å². The van der Waals surface area contributed by atoms with Crippen molar-refractivity contribution in [2.75, 3.05) is 25.1 Å². The van der Waals surface area contributed by atoms with Crippen LogP contribution in [0.4, 0.5) is 5.00 Å². The molecule has 6 heteroatoms. The minimum absolute atomic E-state index is 0.0191. The summed E-state index contributed by atoms with van der Waals surface area (Å²) in [4.78, 5) is 24.5. The Labute approximate surface area is 116 Å². The number of amides is 1. The van der Waals surface area contributed by atoms with Gasteiger partial charge in [0.25, 0.3) is 5.91 Å². The summed E-state index contributed by atoms with van der Waals surface area (Å²) in [6.45, 7) is 8.07. The highest BCUT2D eigenvalue weighted by Crippen LogP contribution is 2.32. The van der Waals surface area contributed by atoms with Gasteiger partial charge in [-0.25, -0.2) is 4.79 Å². The van der Waals surface area contributed by atoms with E-state index in [9.17, 15) is 9.59 Å². The second kappa shape index (κ2) is 7.25. The third kappa shape index (κ3) is 4.04. The van der Waals surface area contributed by atoms with Crippen molar-refractivity contribution >= 4 is 28.2 Å². The van der Waals surface area contributed by atoms with Crippen LogP contribution in [-0.4, -0.2) is 31.7 Å². The minimum atomic E-state index is -0.406. The lowest BCUT2D eigenvalue weighted by Crippen LogP contribution is -2.19. The highest BCUT2D eigenvalue weighted by atomic mass is 32.1. The summed E-state index contributed by atoms with van der Waals surface area (Å²) < 4.78 is 10.0. The van der Waals surface area contributed by atoms with Crippen molar-refractivity contribution in [1.29, 1.82) is 0 Å². The third-order valence-electron chi connectivity index (χ3n) is 2.56. The summed E-state index contributed by atoms with van der Waals surface area (Å²) in [5.41, 5.74) is 1.28. The molecule has 0 aliphatic rings. The van der Waals surface area contributed by atoms with Crippen molar-refractivity contribution in [3.05, 3.63) is 16.0 Å². The Morgan fingerprint density at radius 2 is 1.89 bits per heavy atom. The Hall–Kier alpha value is -1.40. The molecule has 0 saturated carbocycles. The summed E-state index contributed by atoms with van der Waals surface area (Å²) in [6.07, 6.45) is 0. The van der Waals surface area contributed by atoms with E-state index in [1.54, 1.807) is 6.92 Å². The Bertz CT molecular complexity index is 467. The van der Waals surface area contributed by atoms with Crippen molar-refractivity contribution in [2.24, 2.45) is 0 Å². The zero-order valence-electron chi connectivity index (χ0n) is 11.7. The van der Waals surface area contributed by atoms with Gasteiger partial charge >= 0.3 is 5.97 Å². The number of aryl methyl sites for hydroxylation is 1. The standard InChI is InChI=1S/C13H19NO4S/c1-5-17-7-10(15)14-12-11(13(16)18-6-2)8(3)9(4)19-12/h5-7H2,1-4H3,(H,14,15). The van der Waals surface area contributed by atoms with Crippen LogP contribution in [0, 0.1) is 13.8 Å². The van der Waals surface area contributed by atoms with Crippen LogP contribution in [0.15, 0.2) is 0 Å². The first kappa shape index (κ1) is 15.7. The number of anilines is 1. The second-order valence-corrected chi connectivity index (χ2v) is 5.12. The quantitative estimate of drug-likeness (QED) is 0.816. The maximum Gasteiger partial charge on any atom is 0.341 e. The van der Waals surface area contributed by atoms with E-state index >= 15 is 0 Å². The first-order valence-corrected chi connectivity index (χ1v) is 6.97. The van der Waals surface area contributed by atoms with Crippen LogP contribution in [0.3, 0.4) is 0 Å². The number of carbonyl (C=O) groups is 2. The average Bonchev–Trinajstić information content (AvgIpc) is 2.62. The summed E-state index contributed by atoms with van der Waals surface area (Å²) in [7, 11) is 0. The molecular formula is C13H19NO4S. The fourth-order valence-electron chi connectivity index (χ4n) is 1.52. The lowest BCUT2D eigenvalue weighted by molar-refractivity contribution is -0.120. The largest absolute Gasteiger partial charge is 0.462 e. The van der Waals surface area contributed by atoms with Gasteiger partial charge in [0.1, 0.15) is 11.6 Å². The zero-order chi connectivity index (χ0) is 14.4. The molecule has 1 rings (SSSR count). The van der Waals surface area contributed by atoms with E-state index in [1.807, 2.05) is 20.8 Å². The number of esters is 1. The normalized spacial score (nSPS) is 10.3. The number of nitrogens with one attached hydrogen (secondary N) is 1. The fraction of sp³-hybridized carbons (Fsp3) is 0.538. The topological polar surface area (TPSA) is 64.6 Å². The van der Waals surface area contributed by atoms with E-state index in [4.69, 9.17) is 9.47 Å². The van der Waals surface area contributed by atoms with Crippen molar-refractivity contribution in [3.63, 3.8) is 0 Å². The Kier molecular flexibility index (Phi) is 5.98. The lowest BCUT2D eigenvalue weighted by atomic mass is 10.1. The first-order chi connectivity index (χ1) is 9.01. The number of hydrogen-bond acceptors (Lipinski definition) is 5. The number of rotatable bonds is 6. The summed E-state index contributed by atoms with van der Waals surface area (Å²) >= 11 is 1.37. The molecule has 0 saturated heterocycles. The van der Waals surface area contributed by atoms with Crippen molar-refractivity contribution in [3.8, 4) is 0 Å². The van der Waals surface area contributed by atoms with Gasteiger partial charge in [0, 0.05) is 11.5 Å². The molecule has 0 atom stereocenters. The molecule has 1 aromatic heterocycles. The molecule has 0 aliphatic carbocycles. The monoisotopic (exact) mass is 285 g/mol. The number of hydrogen-bond donors (Lipinski definition) is 1. The van der Waals surface area contributed by atoms with Gasteiger partial charge in [0.05, 0.1) is 12.2 Å². The lowest BCUT2D eigenvalue weighted by Gasteiger charge is -2.07. The van der Waals surface area contributed by atoms with Crippen molar-refractivity contribution in [1.82, 2.24) is 0 Å². The van der Waals surface area contributed by atoms with Crippen LogP contribution in [0.25, 0.3) is 0 Å². The van der Waals surface area contributed by atoms with Gasteiger partial charge in [-0.2, -0.15) is 0 Å².